The van der Waals surface area contributed by atoms with Crippen molar-refractivity contribution < 1.29 is 9.23 Å². The maximum absolute atomic E-state index is 13.3. The number of piperidine rings is 1. The molecule has 2 aromatic rings. The highest BCUT2D eigenvalue weighted by Gasteiger charge is 2.47. The lowest BCUT2D eigenvalue weighted by molar-refractivity contribution is -0.140. The van der Waals surface area contributed by atoms with Crippen LogP contribution in [0.3, 0.4) is 0 Å². The molecule has 3 aliphatic heterocycles. The zero-order valence-corrected chi connectivity index (χ0v) is 15.4. The molecule has 2 fully saturated rings. The maximum atomic E-state index is 13.3. The molecule has 3 heterocycles. The fraction of sp³-hybridized carbons (Fsp3) is 0.455. The molecule has 0 amide bonds. The predicted octanol–water partition coefficient (Wildman–Crippen LogP) is 4.05. The summed E-state index contributed by atoms with van der Waals surface area (Å²) < 4.78 is 13.3. The van der Waals surface area contributed by atoms with Crippen LogP contribution in [0.5, 0.6) is 0 Å². The van der Waals surface area contributed by atoms with E-state index in [1.165, 1.54) is 16.7 Å². The van der Waals surface area contributed by atoms with Crippen molar-refractivity contribution in [3.63, 3.8) is 0 Å². The lowest BCUT2D eigenvalue weighted by atomic mass is 9.79. The van der Waals surface area contributed by atoms with Crippen LogP contribution in [0.15, 0.2) is 42.5 Å². The van der Waals surface area contributed by atoms with E-state index in [1.807, 2.05) is 12.1 Å². The van der Waals surface area contributed by atoms with Crippen LogP contribution in [0.25, 0.3) is 11.1 Å². The minimum absolute atomic E-state index is 0.186. The van der Waals surface area contributed by atoms with E-state index in [1.54, 1.807) is 12.1 Å². The molecule has 136 valence electrons. The summed E-state index contributed by atoms with van der Waals surface area (Å²) in [4.78, 5) is 8.63. The second-order valence-electron chi connectivity index (χ2n) is 8.00. The van der Waals surface area contributed by atoms with E-state index < -0.39 is 0 Å². The molecule has 0 unspecified atom stereocenters. The molecule has 0 bridgehead atoms. The van der Waals surface area contributed by atoms with Gasteiger partial charge in [0, 0.05) is 38.1 Å². The summed E-state index contributed by atoms with van der Waals surface area (Å²) in [7, 11) is 2.08. The third-order valence-electron chi connectivity index (χ3n) is 6.60. The molecule has 2 aromatic carbocycles. The lowest BCUT2D eigenvalue weighted by Gasteiger charge is -2.46. The first-order valence-electron chi connectivity index (χ1n) is 9.62. The molecule has 0 spiro atoms. The van der Waals surface area contributed by atoms with Gasteiger partial charge < -0.3 is 0 Å². The predicted molar refractivity (Wildman–Crippen MR) is 100 cm³/mol. The van der Waals surface area contributed by atoms with Gasteiger partial charge >= 0.3 is 0 Å². The van der Waals surface area contributed by atoms with Crippen LogP contribution < -0.4 is 0 Å². The summed E-state index contributed by atoms with van der Waals surface area (Å²) in [5.74, 6) is 0.410. The standard InChI is InChI=1S/C22H25FN2O/c1-14-20-13-25-10-9-16-3-4-17(15-5-7-18(23)8-6-15)11-19(16)22(25)12-21(20)24(2)26-14/h3-8,11,14,20-22H,9-10,12-13H2,1-2H3/t14-,20-,21-,22-/m0/s1. The molecule has 0 radical (unpaired) electrons. The summed E-state index contributed by atoms with van der Waals surface area (Å²) in [5, 5.41) is 2.09. The van der Waals surface area contributed by atoms with Crippen LogP contribution in [-0.2, 0) is 11.3 Å². The van der Waals surface area contributed by atoms with Gasteiger partial charge in [-0.25, -0.2) is 4.39 Å². The SMILES string of the molecule is C[C@@H]1ON(C)[C@H]2C[C@H]3c4cc(-c5ccc(F)cc5)ccc4CCN3C[C@@H]12. The molecule has 4 heteroatoms. The van der Waals surface area contributed by atoms with E-state index in [0.29, 0.717) is 24.1 Å². The molecule has 5 rings (SSSR count). The molecular weight excluding hydrogens is 327 g/mol. The topological polar surface area (TPSA) is 15.7 Å². The number of nitrogens with zero attached hydrogens (tertiary/aromatic N) is 2. The van der Waals surface area contributed by atoms with Crippen molar-refractivity contribution in [2.75, 3.05) is 20.1 Å². The lowest BCUT2D eigenvalue weighted by Crippen LogP contribution is -2.50. The zero-order chi connectivity index (χ0) is 17.8. The number of hydrogen-bond acceptors (Lipinski definition) is 3. The quantitative estimate of drug-likeness (QED) is 0.770. The Morgan fingerprint density at radius 3 is 2.65 bits per heavy atom. The van der Waals surface area contributed by atoms with E-state index in [4.69, 9.17) is 4.84 Å². The van der Waals surface area contributed by atoms with Crippen LogP contribution in [0.4, 0.5) is 4.39 Å². The number of rotatable bonds is 1. The first kappa shape index (κ1) is 16.4. The zero-order valence-electron chi connectivity index (χ0n) is 15.4. The monoisotopic (exact) mass is 352 g/mol. The molecule has 2 saturated heterocycles. The first-order valence-corrected chi connectivity index (χ1v) is 9.62. The Morgan fingerprint density at radius 2 is 1.85 bits per heavy atom. The number of hydrogen-bond donors (Lipinski definition) is 0. The van der Waals surface area contributed by atoms with Crippen LogP contribution in [0.1, 0.15) is 30.5 Å². The van der Waals surface area contributed by atoms with Crippen molar-refractivity contribution in [1.29, 1.82) is 0 Å². The highest BCUT2D eigenvalue weighted by Crippen LogP contribution is 2.44. The van der Waals surface area contributed by atoms with Gasteiger partial charge in [0.1, 0.15) is 5.82 Å². The summed E-state index contributed by atoms with van der Waals surface area (Å²) in [6, 6.07) is 14.6. The molecule has 3 aliphatic rings. The summed E-state index contributed by atoms with van der Waals surface area (Å²) in [6.45, 7) is 4.44. The highest BCUT2D eigenvalue weighted by molar-refractivity contribution is 5.65. The Bertz CT molecular complexity index is 821. The largest absolute Gasteiger partial charge is 0.296 e. The number of halogens is 1. The second-order valence-corrected chi connectivity index (χ2v) is 8.00. The van der Waals surface area contributed by atoms with Gasteiger partial charge in [0.05, 0.1) is 6.10 Å². The van der Waals surface area contributed by atoms with Gasteiger partial charge in [-0.3, -0.25) is 9.74 Å². The third-order valence-corrected chi connectivity index (χ3v) is 6.60. The fourth-order valence-electron chi connectivity index (χ4n) is 5.16. The molecule has 4 atom stereocenters. The van der Waals surface area contributed by atoms with Crippen LogP contribution in [0.2, 0.25) is 0 Å². The van der Waals surface area contributed by atoms with Gasteiger partial charge in [0.25, 0.3) is 0 Å². The van der Waals surface area contributed by atoms with E-state index >= 15 is 0 Å². The van der Waals surface area contributed by atoms with Crippen molar-refractivity contribution >= 4 is 0 Å². The average molecular weight is 352 g/mol. The summed E-state index contributed by atoms with van der Waals surface area (Å²) in [6.07, 6.45) is 2.53. The molecule has 3 nitrogen and oxygen atoms in total. The molecule has 0 aliphatic carbocycles. The highest BCUT2D eigenvalue weighted by atomic mass is 19.1. The number of fused-ring (bicyclic) bond motifs is 4. The van der Waals surface area contributed by atoms with Gasteiger partial charge in [-0.2, -0.15) is 5.06 Å². The molecule has 26 heavy (non-hydrogen) atoms. The van der Waals surface area contributed by atoms with Crippen LogP contribution in [0, 0.1) is 11.7 Å². The van der Waals surface area contributed by atoms with Gasteiger partial charge in [-0.05, 0) is 60.2 Å². The Labute approximate surface area is 154 Å². The van der Waals surface area contributed by atoms with Gasteiger partial charge in [0.2, 0.25) is 0 Å². The van der Waals surface area contributed by atoms with E-state index in [2.05, 4.69) is 42.1 Å². The Kier molecular flexibility index (Phi) is 3.89. The van der Waals surface area contributed by atoms with Crippen molar-refractivity contribution in [1.82, 2.24) is 9.96 Å². The first-order chi connectivity index (χ1) is 12.6. The summed E-state index contributed by atoms with van der Waals surface area (Å²) >= 11 is 0. The number of hydroxylamine groups is 2. The van der Waals surface area contributed by atoms with Crippen molar-refractivity contribution in [2.24, 2.45) is 5.92 Å². The van der Waals surface area contributed by atoms with Crippen molar-refractivity contribution in [3.8, 4) is 11.1 Å². The molecule has 0 saturated carbocycles. The fourth-order valence-corrected chi connectivity index (χ4v) is 5.16. The molecule has 0 N–H and O–H groups in total. The third kappa shape index (κ3) is 2.59. The second kappa shape index (κ2) is 6.15. The molecule has 0 aromatic heterocycles. The van der Waals surface area contributed by atoms with Crippen LogP contribution in [-0.4, -0.2) is 42.2 Å². The molecular formula is C22H25FN2O. The van der Waals surface area contributed by atoms with Gasteiger partial charge in [-0.1, -0.05) is 24.3 Å². The van der Waals surface area contributed by atoms with Crippen LogP contribution >= 0.6 is 0 Å². The Morgan fingerprint density at radius 1 is 1.08 bits per heavy atom. The van der Waals surface area contributed by atoms with Crippen molar-refractivity contribution in [3.05, 3.63) is 59.4 Å². The minimum Gasteiger partial charge on any atom is -0.296 e. The average Bonchev–Trinajstić information content (AvgIpc) is 2.94. The van der Waals surface area contributed by atoms with Gasteiger partial charge in [-0.15, -0.1) is 0 Å². The normalized spacial score (nSPS) is 31.3. The van der Waals surface area contributed by atoms with Crippen molar-refractivity contribution in [2.45, 2.75) is 38.0 Å². The maximum Gasteiger partial charge on any atom is 0.123 e. The van der Waals surface area contributed by atoms with E-state index in [-0.39, 0.29) is 5.82 Å². The minimum atomic E-state index is -0.186. The smallest absolute Gasteiger partial charge is 0.123 e. The number of benzene rings is 2. The van der Waals surface area contributed by atoms with Gasteiger partial charge in [0.15, 0.2) is 0 Å². The van der Waals surface area contributed by atoms with E-state index in [0.717, 1.165) is 31.5 Å². The Balaban J connectivity index is 1.50. The summed E-state index contributed by atoms with van der Waals surface area (Å²) in [5.41, 5.74) is 5.17. The Hall–Kier alpha value is -1.75. The van der Waals surface area contributed by atoms with E-state index in [9.17, 15) is 4.39 Å².